The number of aryl methyl sites for hydroxylation is 2. The molecule has 1 aromatic heterocycles. The van der Waals surface area contributed by atoms with E-state index in [4.69, 9.17) is 5.73 Å². The summed E-state index contributed by atoms with van der Waals surface area (Å²) in [6.45, 7) is 2.08. The first kappa shape index (κ1) is 9.16. The maximum absolute atomic E-state index is 6.15. The average molecular weight is 196 g/mol. The maximum atomic E-state index is 6.15. The van der Waals surface area contributed by atoms with Gasteiger partial charge in [0.2, 0.25) is 0 Å². The first-order valence-corrected chi connectivity index (χ1v) is 5.75. The van der Waals surface area contributed by atoms with Crippen molar-refractivity contribution >= 4 is 11.3 Å². The van der Waals surface area contributed by atoms with E-state index in [1.165, 1.54) is 29.8 Å². The molecule has 2 rings (SSSR count). The molecule has 1 fully saturated rings. The Balaban J connectivity index is 1.89. The molecule has 2 nitrogen and oxygen atoms in total. The van der Waals surface area contributed by atoms with Crippen LogP contribution in [0.25, 0.3) is 0 Å². The fraction of sp³-hybridized carbons (Fsp3) is 0.700. The van der Waals surface area contributed by atoms with E-state index in [0.717, 1.165) is 12.8 Å². The number of nitrogens with two attached hydrogens (primary N) is 1. The van der Waals surface area contributed by atoms with Crippen molar-refractivity contribution in [3.8, 4) is 0 Å². The van der Waals surface area contributed by atoms with Crippen LogP contribution in [-0.2, 0) is 6.42 Å². The number of hydrogen-bond acceptors (Lipinski definition) is 3. The number of aromatic nitrogens is 1. The number of nitrogens with zero attached hydrogens (tertiary/aromatic N) is 1. The quantitative estimate of drug-likeness (QED) is 0.805. The van der Waals surface area contributed by atoms with Gasteiger partial charge in [0.1, 0.15) is 0 Å². The van der Waals surface area contributed by atoms with E-state index in [-0.39, 0.29) is 5.54 Å². The molecule has 2 N–H and O–H groups in total. The van der Waals surface area contributed by atoms with Gasteiger partial charge in [-0.1, -0.05) is 0 Å². The van der Waals surface area contributed by atoms with Crippen molar-refractivity contribution in [2.75, 3.05) is 0 Å². The van der Waals surface area contributed by atoms with Crippen molar-refractivity contribution in [3.63, 3.8) is 0 Å². The van der Waals surface area contributed by atoms with E-state index < -0.39 is 0 Å². The standard InChI is InChI=1S/C10H16N2S/c1-8-9(13-7-12-8)3-6-10(11)4-2-5-10/h7H,2-6,11H2,1H3. The summed E-state index contributed by atoms with van der Waals surface area (Å²) < 4.78 is 0. The first-order chi connectivity index (χ1) is 6.20. The van der Waals surface area contributed by atoms with E-state index in [1.54, 1.807) is 11.3 Å². The third-order valence-corrected chi connectivity index (χ3v) is 4.04. The van der Waals surface area contributed by atoms with Crippen LogP contribution in [0.4, 0.5) is 0 Å². The summed E-state index contributed by atoms with van der Waals surface area (Å²) in [5.41, 5.74) is 9.43. The predicted molar refractivity (Wildman–Crippen MR) is 55.9 cm³/mol. The molecule has 1 aromatic rings. The molecular weight excluding hydrogens is 180 g/mol. The lowest BCUT2D eigenvalue weighted by atomic mass is 9.74. The van der Waals surface area contributed by atoms with E-state index in [0.29, 0.717) is 0 Å². The zero-order valence-corrected chi connectivity index (χ0v) is 8.86. The second kappa shape index (κ2) is 3.39. The Hall–Kier alpha value is -0.410. The minimum Gasteiger partial charge on any atom is -0.325 e. The second-order valence-electron chi connectivity index (χ2n) is 4.08. The highest BCUT2D eigenvalue weighted by Crippen LogP contribution is 2.33. The molecule has 0 amide bonds. The van der Waals surface area contributed by atoms with Crippen LogP contribution in [-0.4, -0.2) is 10.5 Å². The summed E-state index contributed by atoms with van der Waals surface area (Å²) >= 11 is 1.76. The number of rotatable bonds is 3. The molecule has 1 heterocycles. The normalized spacial score (nSPS) is 19.8. The zero-order chi connectivity index (χ0) is 9.31. The first-order valence-electron chi connectivity index (χ1n) is 4.87. The molecule has 0 atom stereocenters. The predicted octanol–water partition coefficient (Wildman–Crippen LogP) is 2.27. The molecule has 1 aliphatic carbocycles. The summed E-state index contributed by atoms with van der Waals surface area (Å²) in [6.07, 6.45) is 6.00. The average Bonchev–Trinajstić information content (AvgIpc) is 2.44. The smallest absolute Gasteiger partial charge is 0.0797 e. The van der Waals surface area contributed by atoms with Gasteiger partial charge in [-0.25, -0.2) is 4.98 Å². The van der Waals surface area contributed by atoms with Crippen LogP contribution >= 0.6 is 11.3 Å². The summed E-state index contributed by atoms with van der Waals surface area (Å²) in [6, 6.07) is 0. The van der Waals surface area contributed by atoms with Crippen LogP contribution in [0, 0.1) is 6.92 Å². The van der Waals surface area contributed by atoms with Gasteiger partial charge in [0.15, 0.2) is 0 Å². The Labute approximate surface area is 83.2 Å². The summed E-state index contributed by atoms with van der Waals surface area (Å²) in [7, 11) is 0. The van der Waals surface area contributed by atoms with E-state index >= 15 is 0 Å². The molecular formula is C10H16N2S. The molecule has 0 unspecified atom stereocenters. The van der Waals surface area contributed by atoms with E-state index in [9.17, 15) is 0 Å². The van der Waals surface area contributed by atoms with Gasteiger partial charge in [-0.05, 0) is 39.0 Å². The lowest BCUT2D eigenvalue weighted by Crippen LogP contribution is -2.46. The van der Waals surface area contributed by atoms with Crippen molar-refractivity contribution in [3.05, 3.63) is 16.1 Å². The molecule has 0 radical (unpaired) electrons. The number of thiazole rings is 1. The van der Waals surface area contributed by atoms with Crippen molar-refractivity contribution < 1.29 is 0 Å². The Kier molecular flexibility index (Phi) is 2.39. The van der Waals surface area contributed by atoms with Gasteiger partial charge in [-0.2, -0.15) is 0 Å². The van der Waals surface area contributed by atoms with E-state index in [1.807, 2.05) is 5.51 Å². The zero-order valence-electron chi connectivity index (χ0n) is 8.05. The van der Waals surface area contributed by atoms with Crippen LogP contribution in [0.15, 0.2) is 5.51 Å². The third kappa shape index (κ3) is 1.92. The summed E-state index contributed by atoms with van der Waals surface area (Å²) in [5, 5.41) is 0. The monoisotopic (exact) mass is 196 g/mol. The molecule has 0 spiro atoms. The molecule has 0 aliphatic heterocycles. The van der Waals surface area contributed by atoms with Crippen LogP contribution in [0.2, 0.25) is 0 Å². The van der Waals surface area contributed by atoms with Crippen molar-refractivity contribution in [1.29, 1.82) is 0 Å². The Morgan fingerprint density at radius 1 is 1.62 bits per heavy atom. The molecule has 0 aromatic carbocycles. The molecule has 1 saturated carbocycles. The van der Waals surface area contributed by atoms with Crippen molar-refractivity contribution in [2.45, 2.75) is 44.6 Å². The third-order valence-electron chi connectivity index (χ3n) is 3.04. The lowest BCUT2D eigenvalue weighted by Gasteiger charge is -2.38. The number of hydrogen-bond donors (Lipinski definition) is 1. The van der Waals surface area contributed by atoms with Crippen LogP contribution < -0.4 is 5.73 Å². The minimum absolute atomic E-state index is 0.163. The summed E-state index contributed by atoms with van der Waals surface area (Å²) in [4.78, 5) is 5.65. The Morgan fingerprint density at radius 3 is 2.85 bits per heavy atom. The van der Waals surface area contributed by atoms with Gasteiger partial charge in [-0.3, -0.25) is 0 Å². The van der Waals surface area contributed by atoms with E-state index in [2.05, 4.69) is 11.9 Å². The molecule has 3 heteroatoms. The Morgan fingerprint density at radius 2 is 2.38 bits per heavy atom. The van der Waals surface area contributed by atoms with Crippen LogP contribution in [0.3, 0.4) is 0 Å². The minimum atomic E-state index is 0.163. The molecule has 0 bridgehead atoms. The summed E-state index contributed by atoms with van der Waals surface area (Å²) in [5.74, 6) is 0. The fourth-order valence-corrected chi connectivity index (χ4v) is 2.59. The topological polar surface area (TPSA) is 38.9 Å². The fourth-order valence-electron chi connectivity index (χ4n) is 1.81. The van der Waals surface area contributed by atoms with Crippen LogP contribution in [0.5, 0.6) is 0 Å². The molecule has 13 heavy (non-hydrogen) atoms. The highest BCUT2D eigenvalue weighted by Gasteiger charge is 2.31. The maximum Gasteiger partial charge on any atom is 0.0797 e. The highest BCUT2D eigenvalue weighted by atomic mass is 32.1. The molecule has 0 saturated heterocycles. The van der Waals surface area contributed by atoms with Gasteiger partial charge < -0.3 is 5.73 Å². The van der Waals surface area contributed by atoms with Crippen molar-refractivity contribution in [2.24, 2.45) is 5.73 Å². The van der Waals surface area contributed by atoms with Gasteiger partial charge >= 0.3 is 0 Å². The molecule has 72 valence electrons. The van der Waals surface area contributed by atoms with Gasteiger partial charge in [0.25, 0.3) is 0 Å². The highest BCUT2D eigenvalue weighted by molar-refractivity contribution is 7.09. The van der Waals surface area contributed by atoms with Crippen LogP contribution in [0.1, 0.15) is 36.3 Å². The SMILES string of the molecule is Cc1ncsc1CCC1(N)CCC1. The van der Waals surface area contributed by atoms with Gasteiger partial charge in [0, 0.05) is 10.4 Å². The van der Waals surface area contributed by atoms with Crippen molar-refractivity contribution in [1.82, 2.24) is 4.98 Å². The Bertz CT molecular complexity index is 289. The lowest BCUT2D eigenvalue weighted by molar-refractivity contribution is 0.232. The largest absolute Gasteiger partial charge is 0.325 e. The van der Waals surface area contributed by atoms with Gasteiger partial charge in [-0.15, -0.1) is 11.3 Å². The molecule has 1 aliphatic rings. The second-order valence-corrected chi connectivity index (χ2v) is 5.02. The van der Waals surface area contributed by atoms with Gasteiger partial charge in [0.05, 0.1) is 11.2 Å².